The summed E-state index contributed by atoms with van der Waals surface area (Å²) in [5, 5.41) is 0. The molecule has 4 nitrogen and oxygen atoms in total. The topological polar surface area (TPSA) is 53.1 Å². The highest BCUT2D eigenvalue weighted by Gasteiger charge is 2.14. The predicted molar refractivity (Wildman–Crippen MR) is 78.1 cm³/mol. The summed E-state index contributed by atoms with van der Waals surface area (Å²) in [5.74, 6) is 1.54. The fraction of sp³-hybridized carbons (Fsp3) is 0.533. The lowest BCUT2D eigenvalue weighted by molar-refractivity contribution is 0.152. The van der Waals surface area contributed by atoms with Gasteiger partial charge in [-0.15, -0.1) is 0 Å². The molecule has 1 heterocycles. The van der Waals surface area contributed by atoms with Crippen LogP contribution in [0.25, 0.3) is 11.0 Å². The monoisotopic (exact) mass is 261 g/mol. The van der Waals surface area contributed by atoms with Gasteiger partial charge >= 0.3 is 0 Å². The van der Waals surface area contributed by atoms with Gasteiger partial charge in [-0.3, -0.25) is 0 Å². The van der Waals surface area contributed by atoms with Crippen LogP contribution < -0.4 is 5.73 Å². The molecule has 2 N–H and O–H groups in total. The van der Waals surface area contributed by atoms with Crippen molar-refractivity contribution in [2.75, 3.05) is 13.7 Å². The molecular weight excluding hydrogens is 238 g/mol. The molecule has 0 saturated heterocycles. The van der Waals surface area contributed by atoms with Crippen molar-refractivity contribution in [1.29, 1.82) is 0 Å². The average Bonchev–Trinajstić information content (AvgIpc) is 2.67. The van der Waals surface area contributed by atoms with Crippen molar-refractivity contribution in [1.82, 2.24) is 9.55 Å². The lowest BCUT2D eigenvalue weighted by Crippen LogP contribution is -2.27. The normalized spacial score (nSPS) is 14.7. The van der Waals surface area contributed by atoms with E-state index in [1.807, 2.05) is 18.2 Å². The largest absolute Gasteiger partial charge is 0.384 e. The van der Waals surface area contributed by atoms with Crippen LogP contribution in [-0.4, -0.2) is 29.3 Å². The number of aromatic nitrogens is 2. The van der Waals surface area contributed by atoms with E-state index in [4.69, 9.17) is 10.5 Å². The second kappa shape index (κ2) is 6.17. The molecule has 1 aromatic heterocycles. The van der Waals surface area contributed by atoms with Crippen molar-refractivity contribution in [3.8, 4) is 0 Å². The van der Waals surface area contributed by atoms with Gasteiger partial charge in [0, 0.05) is 33.2 Å². The van der Waals surface area contributed by atoms with E-state index in [1.54, 1.807) is 7.11 Å². The van der Waals surface area contributed by atoms with Crippen molar-refractivity contribution < 1.29 is 4.74 Å². The van der Waals surface area contributed by atoms with Gasteiger partial charge in [0.05, 0.1) is 11.0 Å². The molecule has 2 rings (SSSR count). The molecular formula is C15H23N3O. The van der Waals surface area contributed by atoms with Crippen LogP contribution in [0.2, 0.25) is 0 Å². The van der Waals surface area contributed by atoms with E-state index in [2.05, 4.69) is 29.6 Å². The maximum atomic E-state index is 6.22. The number of methoxy groups -OCH3 is 1. The summed E-state index contributed by atoms with van der Waals surface area (Å²) in [6, 6.07) is 8.30. The average molecular weight is 261 g/mol. The number of benzene rings is 1. The summed E-state index contributed by atoms with van der Waals surface area (Å²) < 4.78 is 7.29. The van der Waals surface area contributed by atoms with Gasteiger partial charge in [-0.05, 0) is 24.5 Å². The minimum atomic E-state index is 0.126. The highest BCUT2D eigenvalue weighted by atomic mass is 16.5. The van der Waals surface area contributed by atoms with Crippen LogP contribution in [0.4, 0.5) is 0 Å². The lowest BCUT2D eigenvalue weighted by Gasteiger charge is -2.16. The van der Waals surface area contributed by atoms with Crippen molar-refractivity contribution in [2.45, 2.75) is 25.8 Å². The van der Waals surface area contributed by atoms with Gasteiger partial charge in [0.2, 0.25) is 0 Å². The molecule has 4 heteroatoms. The molecule has 2 aromatic rings. The van der Waals surface area contributed by atoms with Crippen molar-refractivity contribution in [2.24, 2.45) is 18.7 Å². The SMILES string of the molecule is COCC(C)CC(N)Cc1nc2ccccc2n1C. The minimum absolute atomic E-state index is 0.126. The Balaban J connectivity index is 2.06. The number of aryl methyl sites for hydroxylation is 1. The maximum absolute atomic E-state index is 6.22. The van der Waals surface area contributed by atoms with Crippen LogP contribution in [-0.2, 0) is 18.2 Å². The van der Waals surface area contributed by atoms with Gasteiger partial charge in [-0.1, -0.05) is 19.1 Å². The summed E-state index contributed by atoms with van der Waals surface area (Å²) in [7, 11) is 3.78. The number of fused-ring (bicyclic) bond motifs is 1. The molecule has 104 valence electrons. The number of ether oxygens (including phenoxy) is 1. The summed E-state index contributed by atoms with van der Waals surface area (Å²) >= 11 is 0. The van der Waals surface area contributed by atoms with E-state index in [-0.39, 0.29) is 6.04 Å². The van der Waals surface area contributed by atoms with Gasteiger partial charge in [-0.25, -0.2) is 4.98 Å². The molecule has 0 amide bonds. The van der Waals surface area contributed by atoms with E-state index in [9.17, 15) is 0 Å². The second-order valence-electron chi connectivity index (χ2n) is 5.34. The van der Waals surface area contributed by atoms with Crippen LogP contribution in [0.3, 0.4) is 0 Å². The highest BCUT2D eigenvalue weighted by molar-refractivity contribution is 5.75. The highest BCUT2D eigenvalue weighted by Crippen LogP contribution is 2.16. The number of hydrogen-bond acceptors (Lipinski definition) is 3. The molecule has 0 aliphatic heterocycles. The van der Waals surface area contributed by atoms with Gasteiger partial charge in [0.15, 0.2) is 0 Å². The minimum Gasteiger partial charge on any atom is -0.384 e. The first kappa shape index (κ1) is 14.0. The van der Waals surface area contributed by atoms with E-state index < -0.39 is 0 Å². The zero-order valence-corrected chi connectivity index (χ0v) is 12.0. The fourth-order valence-electron chi connectivity index (χ4n) is 2.57. The van der Waals surface area contributed by atoms with E-state index >= 15 is 0 Å². The first-order valence-corrected chi connectivity index (χ1v) is 6.76. The molecule has 0 spiro atoms. The molecule has 0 saturated carbocycles. The van der Waals surface area contributed by atoms with Gasteiger partial charge in [-0.2, -0.15) is 0 Å². The first-order valence-electron chi connectivity index (χ1n) is 6.76. The molecule has 2 atom stereocenters. The summed E-state index contributed by atoms with van der Waals surface area (Å²) in [6.45, 7) is 2.93. The van der Waals surface area contributed by atoms with Crippen LogP contribution in [0.15, 0.2) is 24.3 Å². The molecule has 0 aliphatic carbocycles. The zero-order chi connectivity index (χ0) is 13.8. The Morgan fingerprint density at radius 2 is 2.11 bits per heavy atom. The number of imidazole rings is 1. The Hall–Kier alpha value is -1.39. The molecule has 0 radical (unpaired) electrons. The third-order valence-electron chi connectivity index (χ3n) is 3.48. The Morgan fingerprint density at radius 1 is 1.37 bits per heavy atom. The summed E-state index contributed by atoms with van der Waals surface area (Å²) in [6.07, 6.45) is 1.76. The fourth-order valence-corrected chi connectivity index (χ4v) is 2.57. The van der Waals surface area contributed by atoms with Gasteiger partial charge in [0.1, 0.15) is 5.82 Å². The molecule has 19 heavy (non-hydrogen) atoms. The number of hydrogen-bond donors (Lipinski definition) is 1. The Bertz CT molecular complexity index is 535. The summed E-state index contributed by atoms with van der Waals surface area (Å²) in [5.41, 5.74) is 8.42. The Labute approximate surface area is 114 Å². The standard InChI is InChI=1S/C15H23N3O/c1-11(10-19-3)8-12(16)9-15-17-13-6-4-5-7-14(13)18(15)2/h4-7,11-12H,8-10,16H2,1-3H3. The molecule has 0 aliphatic rings. The summed E-state index contributed by atoms with van der Waals surface area (Å²) in [4.78, 5) is 4.66. The van der Waals surface area contributed by atoms with Crippen LogP contribution in [0.5, 0.6) is 0 Å². The molecule has 2 unspecified atom stereocenters. The van der Waals surface area contributed by atoms with E-state index in [0.717, 1.165) is 36.3 Å². The molecule has 0 fully saturated rings. The van der Waals surface area contributed by atoms with Gasteiger partial charge in [0.25, 0.3) is 0 Å². The number of nitrogens with two attached hydrogens (primary N) is 1. The Kier molecular flexibility index (Phi) is 4.56. The predicted octanol–water partition coefficient (Wildman–Crippen LogP) is 2.12. The third kappa shape index (κ3) is 3.33. The van der Waals surface area contributed by atoms with E-state index in [0.29, 0.717) is 5.92 Å². The smallest absolute Gasteiger partial charge is 0.111 e. The van der Waals surface area contributed by atoms with E-state index in [1.165, 1.54) is 0 Å². The van der Waals surface area contributed by atoms with Crippen molar-refractivity contribution in [3.63, 3.8) is 0 Å². The lowest BCUT2D eigenvalue weighted by atomic mass is 10.0. The van der Waals surface area contributed by atoms with Crippen molar-refractivity contribution in [3.05, 3.63) is 30.1 Å². The van der Waals surface area contributed by atoms with Gasteiger partial charge < -0.3 is 15.0 Å². The first-order chi connectivity index (χ1) is 9.11. The second-order valence-corrected chi connectivity index (χ2v) is 5.34. The molecule has 0 bridgehead atoms. The molecule has 1 aromatic carbocycles. The van der Waals surface area contributed by atoms with Crippen LogP contribution >= 0.6 is 0 Å². The maximum Gasteiger partial charge on any atom is 0.111 e. The number of nitrogens with zero attached hydrogens (tertiary/aromatic N) is 2. The number of para-hydroxylation sites is 2. The Morgan fingerprint density at radius 3 is 2.79 bits per heavy atom. The quantitative estimate of drug-likeness (QED) is 0.866. The number of rotatable bonds is 6. The van der Waals surface area contributed by atoms with Crippen molar-refractivity contribution >= 4 is 11.0 Å². The van der Waals surface area contributed by atoms with Crippen LogP contribution in [0.1, 0.15) is 19.2 Å². The third-order valence-corrected chi connectivity index (χ3v) is 3.48. The van der Waals surface area contributed by atoms with Crippen LogP contribution in [0, 0.1) is 5.92 Å². The zero-order valence-electron chi connectivity index (χ0n) is 12.0.